The van der Waals surface area contributed by atoms with Crippen molar-refractivity contribution >= 4 is 5.91 Å². The molecule has 1 heterocycles. The molecule has 0 bridgehead atoms. The molecule has 4 heteroatoms. The topological polar surface area (TPSA) is 44.4 Å². The van der Waals surface area contributed by atoms with Gasteiger partial charge in [0.2, 0.25) is 5.91 Å². The maximum absolute atomic E-state index is 12.0. The summed E-state index contributed by atoms with van der Waals surface area (Å²) >= 11 is 0. The zero-order chi connectivity index (χ0) is 13.5. The second-order valence-corrected chi connectivity index (χ2v) is 5.64. The van der Waals surface area contributed by atoms with Gasteiger partial charge in [-0.25, -0.2) is 0 Å². The Labute approximate surface area is 111 Å². The van der Waals surface area contributed by atoms with Crippen LogP contribution in [-0.2, 0) is 4.79 Å². The highest BCUT2D eigenvalue weighted by Crippen LogP contribution is 2.13. The van der Waals surface area contributed by atoms with Gasteiger partial charge in [-0.1, -0.05) is 6.92 Å². The molecule has 4 nitrogen and oxygen atoms in total. The van der Waals surface area contributed by atoms with Gasteiger partial charge in [0.05, 0.1) is 6.04 Å². The molecule has 1 amide bonds. The molecule has 106 valence electrons. The van der Waals surface area contributed by atoms with E-state index in [9.17, 15) is 4.79 Å². The highest BCUT2D eigenvalue weighted by Gasteiger charge is 2.24. The van der Waals surface area contributed by atoms with Crippen LogP contribution in [-0.4, -0.2) is 49.1 Å². The van der Waals surface area contributed by atoms with Crippen molar-refractivity contribution in [3.8, 4) is 0 Å². The van der Waals surface area contributed by atoms with Crippen molar-refractivity contribution in [1.82, 2.24) is 15.5 Å². The Hall–Kier alpha value is -0.610. The first-order valence-corrected chi connectivity index (χ1v) is 7.29. The number of hydrogen-bond acceptors (Lipinski definition) is 3. The summed E-state index contributed by atoms with van der Waals surface area (Å²) in [5.74, 6) is 0.837. The SMILES string of the molecule is CCN(CC1CCCNC1)C(C)C(=O)NC(C)C. The summed E-state index contributed by atoms with van der Waals surface area (Å²) in [5, 5.41) is 6.44. The van der Waals surface area contributed by atoms with Crippen LogP contribution < -0.4 is 10.6 Å². The maximum Gasteiger partial charge on any atom is 0.237 e. The number of nitrogens with one attached hydrogen (secondary N) is 2. The maximum atomic E-state index is 12.0. The largest absolute Gasteiger partial charge is 0.353 e. The van der Waals surface area contributed by atoms with E-state index in [4.69, 9.17) is 0 Å². The molecule has 0 aromatic carbocycles. The van der Waals surface area contributed by atoms with Gasteiger partial charge in [0.15, 0.2) is 0 Å². The van der Waals surface area contributed by atoms with Gasteiger partial charge in [0.25, 0.3) is 0 Å². The number of carbonyl (C=O) groups excluding carboxylic acids is 1. The molecule has 1 aliphatic rings. The predicted octanol–water partition coefficient (Wildman–Crippen LogP) is 1.22. The van der Waals surface area contributed by atoms with Crippen molar-refractivity contribution in [2.75, 3.05) is 26.2 Å². The third kappa shape index (κ3) is 4.94. The van der Waals surface area contributed by atoms with Gasteiger partial charge in [-0.05, 0) is 59.2 Å². The van der Waals surface area contributed by atoms with E-state index in [1.54, 1.807) is 0 Å². The second-order valence-electron chi connectivity index (χ2n) is 5.64. The molecule has 2 unspecified atom stereocenters. The number of carbonyl (C=O) groups is 1. The van der Waals surface area contributed by atoms with Gasteiger partial charge in [-0.3, -0.25) is 9.69 Å². The van der Waals surface area contributed by atoms with Crippen LogP contribution >= 0.6 is 0 Å². The molecule has 0 saturated carbocycles. The van der Waals surface area contributed by atoms with E-state index in [1.807, 2.05) is 20.8 Å². The Kier molecular flexibility index (Phi) is 6.65. The number of nitrogens with zero attached hydrogens (tertiary/aromatic N) is 1. The zero-order valence-corrected chi connectivity index (χ0v) is 12.3. The molecule has 0 aliphatic carbocycles. The average Bonchev–Trinajstić information content (AvgIpc) is 2.35. The highest BCUT2D eigenvalue weighted by molar-refractivity contribution is 5.81. The van der Waals surface area contributed by atoms with Gasteiger partial charge in [0, 0.05) is 12.6 Å². The summed E-state index contributed by atoms with van der Waals surface area (Å²) in [6, 6.07) is 0.189. The molecule has 0 aromatic rings. The number of hydrogen-bond donors (Lipinski definition) is 2. The van der Waals surface area contributed by atoms with Crippen LogP contribution in [0.25, 0.3) is 0 Å². The molecule has 0 spiro atoms. The normalized spacial score (nSPS) is 22.2. The third-order valence-electron chi connectivity index (χ3n) is 3.66. The first-order chi connectivity index (χ1) is 8.54. The van der Waals surface area contributed by atoms with E-state index < -0.39 is 0 Å². The summed E-state index contributed by atoms with van der Waals surface area (Å²) in [4.78, 5) is 14.3. The van der Waals surface area contributed by atoms with Crippen LogP contribution in [0, 0.1) is 5.92 Å². The molecule has 1 rings (SSSR count). The van der Waals surface area contributed by atoms with Crippen LogP contribution in [0.4, 0.5) is 0 Å². The highest BCUT2D eigenvalue weighted by atomic mass is 16.2. The molecular weight excluding hydrogens is 226 g/mol. The Bertz CT molecular complexity index is 249. The quantitative estimate of drug-likeness (QED) is 0.750. The molecule has 18 heavy (non-hydrogen) atoms. The van der Waals surface area contributed by atoms with Crippen LogP contribution in [0.1, 0.15) is 40.5 Å². The second kappa shape index (κ2) is 7.74. The van der Waals surface area contributed by atoms with E-state index in [-0.39, 0.29) is 18.0 Å². The molecule has 2 N–H and O–H groups in total. The Morgan fingerprint density at radius 3 is 2.67 bits per heavy atom. The van der Waals surface area contributed by atoms with Crippen molar-refractivity contribution in [3.05, 3.63) is 0 Å². The molecule has 2 atom stereocenters. The smallest absolute Gasteiger partial charge is 0.237 e. The van der Waals surface area contributed by atoms with Crippen molar-refractivity contribution in [2.24, 2.45) is 5.92 Å². The van der Waals surface area contributed by atoms with Crippen molar-refractivity contribution in [1.29, 1.82) is 0 Å². The monoisotopic (exact) mass is 255 g/mol. The Morgan fingerprint density at radius 2 is 2.17 bits per heavy atom. The first-order valence-electron chi connectivity index (χ1n) is 7.29. The van der Waals surface area contributed by atoms with E-state index in [1.165, 1.54) is 12.8 Å². The fourth-order valence-electron chi connectivity index (χ4n) is 2.54. The fourth-order valence-corrected chi connectivity index (χ4v) is 2.54. The number of amides is 1. The van der Waals surface area contributed by atoms with Crippen molar-refractivity contribution in [3.63, 3.8) is 0 Å². The van der Waals surface area contributed by atoms with Crippen LogP contribution in [0.15, 0.2) is 0 Å². The first kappa shape index (κ1) is 15.4. The predicted molar refractivity (Wildman–Crippen MR) is 75.6 cm³/mol. The van der Waals surface area contributed by atoms with Crippen LogP contribution in [0.3, 0.4) is 0 Å². The van der Waals surface area contributed by atoms with Gasteiger partial charge >= 0.3 is 0 Å². The molecule has 0 radical (unpaired) electrons. The van der Waals surface area contributed by atoms with Crippen LogP contribution in [0.5, 0.6) is 0 Å². The minimum Gasteiger partial charge on any atom is -0.353 e. The molecule has 0 aromatic heterocycles. The van der Waals surface area contributed by atoms with Crippen molar-refractivity contribution in [2.45, 2.75) is 52.6 Å². The molecular formula is C14H29N3O. The zero-order valence-electron chi connectivity index (χ0n) is 12.3. The van der Waals surface area contributed by atoms with E-state index in [0.29, 0.717) is 5.92 Å². The van der Waals surface area contributed by atoms with Crippen LogP contribution in [0.2, 0.25) is 0 Å². The lowest BCUT2D eigenvalue weighted by molar-refractivity contribution is -0.126. The lowest BCUT2D eigenvalue weighted by Gasteiger charge is -2.33. The third-order valence-corrected chi connectivity index (χ3v) is 3.66. The summed E-state index contributed by atoms with van der Waals surface area (Å²) < 4.78 is 0. The van der Waals surface area contributed by atoms with Gasteiger partial charge in [0.1, 0.15) is 0 Å². The van der Waals surface area contributed by atoms with Gasteiger partial charge in [-0.15, -0.1) is 0 Å². The average molecular weight is 255 g/mol. The summed E-state index contributed by atoms with van der Waals surface area (Å²) in [6.07, 6.45) is 2.54. The fraction of sp³-hybridized carbons (Fsp3) is 0.929. The lowest BCUT2D eigenvalue weighted by atomic mass is 9.98. The van der Waals surface area contributed by atoms with Crippen molar-refractivity contribution < 1.29 is 4.79 Å². The Balaban J connectivity index is 2.45. The van der Waals surface area contributed by atoms with E-state index in [2.05, 4.69) is 22.5 Å². The Morgan fingerprint density at radius 1 is 1.44 bits per heavy atom. The van der Waals surface area contributed by atoms with Gasteiger partial charge < -0.3 is 10.6 Å². The standard InChI is InChI=1S/C14H29N3O/c1-5-17(10-13-7-6-8-15-9-13)12(4)14(18)16-11(2)3/h11-13,15H,5-10H2,1-4H3,(H,16,18). The van der Waals surface area contributed by atoms with E-state index >= 15 is 0 Å². The minimum absolute atomic E-state index is 0.0284. The molecule has 1 aliphatic heterocycles. The van der Waals surface area contributed by atoms with E-state index in [0.717, 1.165) is 26.2 Å². The van der Waals surface area contributed by atoms with Gasteiger partial charge in [-0.2, -0.15) is 0 Å². The number of piperidine rings is 1. The molecule has 1 fully saturated rings. The summed E-state index contributed by atoms with van der Waals surface area (Å²) in [5.41, 5.74) is 0. The summed E-state index contributed by atoms with van der Waals surface area (Å²) in [7, 11) is 0. The lowest BCUT2D eigenvalue weighted by Crippen LogP contribution is -2.49. The molecule has 1 saturated heterocycles. The number of likely N-dealkylation sites (N-methyl/N-ethyl adjacent to an activating group) is 1. The number of rotatable bonds is 6. The summed E-state index contributed by atoms with van der Waals surface area (Å²) in [6.45, 7) is 12.4. The minimum atomic E-state index is -0.0284.